The lowest BCUT2D eigenvalue weighted by Gasteiger charge is -2.34. The smallest absolute Gasteiger partial charge is 0.252 e. The summed E-state index contributed by atoms with van der Waals surface area (Å²) in [4.78, 5) is 30.6. The normalized spacial score (nSPS) is 15.5. The topological polar surface area (TPSA) is 112 Å². The second-order valence-corrected chi connectivity index (χ2v) is 10.9. The Morgan fingerprint density at radius 2 is 1.59 bits per heavy atom. The Balaban J connectivity index is 1.48. The van der Waals surface area contributed by atoms with Crippen LogP contribution in [0.4, 0.5) is 0 Å². The molecule has 0 aliphatic carbocycles. The summed E-state index contributed by atoms with van der Waals surface area (Å²) in [5, 5.41) is 2.55. The Morgan fingerprint density at radius 3 is 2.16 bits per heavy atom. The van der Waals surface area contributed by atoms with E-state index < -0.39 is 10.0 Å². The molecule has 1 saturated heterocycles. The van der Waals surface area contributed by atoms with Gasteiger partial charge in [0.1, 0.15) is 5.01 Å². The fraction of sp³-hybridized carbons (Fsp3) is 0.476. The van der Waals surface area contributed by atoms with E-state index in [1.54, 1.807) is 0 Å². The number of benzene rings is 1. The lowest BCUT2D eigenvalue weighted by atomic mass is 10.1. The van der Waals surface area contributed by atoms with Crippen LogP contribution >= 0.6 is 11.3 Å². The number of nitrogens with zero attached hydrogens (tertiary/aromatic N) is 3. The molecule has 11 heteroatoms. The minimum Gasteiger partial charge on any atom is -0.292 e. The first-order chi connectivity index (χ1) is 15.1. The van der Waals surface area contributed by atoms with Crippen molar-refractivity contribution in [1.29, 1.82) is 0 Å². The molecule has 1 aliphatic heterocycles. The van der Waals surface area contributed by atoms with Crippen LogP contribution in [-0.4, -0.2) is 67.1 Å². The van der Waals surface area contributed by atoms with Gasteiger partial charge in [-0.1, -0.05) is 17.7 Å². The van der Waals surface area contributed by atoms with Crippen molar-refractivity contribution in [2.45, 2.75) is 39.0 Å². The summed E-state index contributed by atoms with van der Waals surface area (Å²) >= 11 is 1.40. The Morgan fingerprint density at radius 1 is 1.00 bits per heavy atom. The molecule has 0 saturated carbocycles. The van der Waals surface area contributed by atoms with E-state index in [0.29, 0.717) is 36.1 Å². The summed E-state index contributed by atoms with van der Waals surface area (Å²) in [6, 6.07) is 3.76. The predicted molar refractivity (Wildman–Crippen MR) is 123 cm³/mol. The van der Waals surface area contributed by atoms with Crippen molar-refractivity contribution in [3.05, 3.63) is 44.9 Å². The number of aryl methyl sites for hydroxylation is 4. The highest BCUT2D eigenvalue weighted by atomic mass is 32.2. The third kappa shape index (κ3) is 5.91. The molecule has 1 aromatic heterocycles. The number of carbonyl (C=O) groups is 2. The van der Waals surface area contributed by atoms with Crippen LogP contribution in [0.2, 0.25) is 0 Å². The second-order valence-electron chi connectivity index (χ2n) is 8.06. The van der Waals surface area contributed by atoms with Gasteiger partial charge in [-0.2, -0.15) is 4.31 Å². The number of hydrogen-bond acceptors (Lipinski definition) is 7. The summed E-state index contributed by atoms with van der Waals surface area (Å²) in [7, 11) is -3.60. The van der Waals surface area contributed by atoms with E-state index in [0.717, 1.165) is 22.4 Å². The minimum atomic E-state index is -3.60. The Labute approximate surface area is 192 Å². The van der Waals surface area contributed by atoms with Crippen molar-refractivity contribution >= 4 is 33.2 Å². The summed E-state index contributed by atoms with van der Waals surface area (Å²) in [6.07, 6.45) is 0.104. The van der Waals surface area contributed by atoms with E-state index in [1.807, 2.05) is 50.1 Å². The summed E-state index contributed by atoms with van der Waals surface area (Å²) in [6.45, 7) is 8.99. The number of rotatable bonds is 6. The lowest BCUT2D eigenvalue weighted by Crippen LogP contribution is -2.53. The average molecular weight is 480 g/mol. The highest BCUT2D eigenvalue weighted by Gasteiger charge is 2.31. The zero-order valence-corrected chi connectivity index (χ0v) is 20.4. The van der Waals surface area contributed by atoms with E-state index in [2.05, 4.69) is 15.8 Å². The molecular formula is C21H29N5O4S2. The zero-order chi connectivity index (χ0) is 23.5. The molecule has 2 heterocycles. The summed E-state index contributed by atoms with van der Waals surface area (Å²) in [5.74, 6) is -0.692. The molecule has 174 valence electrons. The van der Waals surface area contributed by atoms with Crippen LogP contribution in [0.3, 0.4) is 0 Å². The first kappa shape index (κ1) is 24.3. The maximum Gasteiger partial charge on any atom is 0.252 e. The van der Waals surface area contributed by atoms with Gasteiger partial charge in [-0.25, -0.2) is 13.4 Å². The van der Waals surface area contributed by atoms with Crippen LogP contribution in [0.5, 0.6) is 0 Å². The van der Waals surface area contributed by atoms with E-state index in [1.165, 1.54) is 15.6 Å². The minimum absolute atomic E-state index is 0.0765. The number of amides is 2. The number of hydrogen-bond donors (Lipinski definition) is 2. The summed E-state index contributed by atoms with van der Waals surface area (Å²) in [5.41, 5.74) is 8.18. The van der Waals surface area contributed by atoms with Crippen LogP contribution in [0, 0.1) is 27.7 Å². The van der Waals surface area contributed by atoms with E-state index >= 15 is 0 Å². The van der Waals surface area contributed by atoms with Gasteiger partial charge in [0.25, 0.3) is 5.91 Å². The largest absolute Gasteiger partial charge is 0.292 e. The predicted octanol–water partition coefficient (Wildman–Crippen LogP) is 1.07. The first-order valence-electron chi connectivity index (χ1n) is 10.4. The number of nitrogens with one attached hydrogen (secondary N) is 2. The molecule has 1 aromatic carbocycles. The van der Waals surface area contributed by atoms with Gasteiger partial charge in [0, 0.05) is 37.3 Å². The van der Waals surface area contributed by atoms with Gasteiger partial charge >= 0.3 is 0 Å². The van der Waals surface area contributed by atoms with E-state index in [9.17, 15) is 18.0 Å². The van der Waals surface area contributed by atoms with Gasteiger partial charge in [-0.05, 0) is 38.8 Å². The van der Waals surface area contributed by atoms with Crippen molar-refractivity contribution in [2.24, 2.45) is 0 Å². The van der Waals surface area contributed by atoms with E-state index in [4.69, 9.17) is 0 Å². The number of thiazole rings is 1. The zero-order valence-electron chi connectivity index (χ0n) is 18.8. The molecule has 1 aliphatic rings. The van der Waals surface area contributed by atoms with Crippen molar-refractivity contribution in [1.82, 2.24) is 25.0 Å². The molecule has 2 aromatic rings. The quantitative estimate of drug-likeness (QED) is 0.600. The van der Waals surface area contributed by atoms with Gasteiger partial charge in [0.05, 0.1) is 17.9 Å². The number of carbonyl (C=O) groups excluding carboxylic acids is 2. The van der Waals surface area contributed by atoms with Crippen LogP contribution in [0.25, 0.3) is 0 Å². The maximum absolute atomic E-state index is 13.2. The van der Waals surface area contributed by atoms with Crippen molar-refractivity contribution in [3.63, 3.8) is 0 Å². The Kier molecular flexibility index (Phi) is 7.65. The molecule has 0 atom stereocenters. The molecule has 32 heavy (non-hydrogen) atoms. The standard InChI is InChI=1S/C21H29N5O4S2/c1-14-9-15(2)21(16(3)10-14)32(29,30)26-7-5-25(6-8-26)12-19(28)24-23-18(27)11-20-22-17(4)13-31-20/h9-10,13H,5-8,11-12H2,1-4H3,(H,23,27)(H,24,28). The molecule has 1 fully saturated rings. The second kappa shape index (κ2) is 10.1. The average Bonchev–Trinajstić information content (AvgIpc) is 3.10. The van der Waals surface area contributed by atoms with Crippen LogP contribution in [0.1, 0.15) is 27.4 Å². The maximum atomic E-state index is 13.2. The highest BCUT2D eigenvalue weighted by molar-refractivity contribution is 7.89. The fourth-order valence-electron chi connectivity index (χ4n) is 3.88. The molecule has 2 N–H and O–H groups in total. The lowest BCUT2D eigenvalue weighted by molar-refractivity contribution is -0.129. The Hall–Kier alpha value is -2.34. The highest BCUT2D eigenvalue weighted by Crippen LogP contribution is 2.26. The van der Waals surface area contributed by atoms with Crippen LogP contribution < -0.4 is 10.9 Å². The van der Waals surface area contributed by atoms with Gasteiger partial charge in [0.15, 0.2) is 0 Å². The SMILES string of the molecule is Cc1cc(C)c(S(=O)(=O)N2CCN(CC(=O)NNC(=O)Cc3nc(C)cs3)CC2)c(C)c1. The number of sulfonamides is 1. The third-order valence-electron chi connectivity index (χ3n) is 5.22. The van der Waals surface area contributed by atoms with E-state index in [-0.39, 0.29) is 24.8 Å². The molecule has 9 nitrogen and oxygen atoms in total. The van der Waals surface area contributed by atoms with Gasteiger partial charge in [-0.3, -0.25) is 25.3 Å². The fourth-order valence-corrected chi connectivity index (χ4v) is 6.48. The molecular weight excluding hydrogens is 450 g/mol. The number of piperazine rings is 1. The van der Waals surface area contributed by atoms with Crippen molar-refractivity contribution < 1.29 is 18.0 Å². The monoisotopic (exact) mass is 479 g/mol. The molecule has 3 rings (SSSR count). The molecule has 2 amide bonds. The van der Waals surface area contributed by atoms with Gasteiger partial charge in [-0.15, -0.1) is 11.3 Å². The van der Waals surface area contributed by atoms with Crippen LogP contribution in [-0.2, 0) is 26.0 Å². The van der Waals surface area contributed by atoms with Crippen LogP contribution in [0.15, 0.2) is 22.4 Å². The molecule has 0 unspecified atom stereocenters. The Bertz CT molecular complexity index is 1080. The number of aromatic nitrogens is 1. The third-order valence-corrected chi connectivity index (χ3v) is 8.39. The first-order valence-corrected chi connectivity index (χ1v) is 12.7. The van der Waals surface area contributed by atoms with Gasteiger partial charge < -0.3 is 0 Å². The molecule has 0 bridgehead atoms. The van der Waals surface area contributed by atoms with Crippen molar-refractivity contribution in [3.8, 4) is 0 Å². The molecule has 0 spiro atoms. The number of hydrazine groups is 1. The molecule has 0 radical (unpaired) electrons. The van der Waals surface area contributed by atoms with Gasteiger partial charge in [0.2, 0.25) is 15.9 Å². The van der Waals surface area contributed by atoms with Crippen molar-refractivity contribution in [2.75, 3.05) is 32.7 Å². The summed E-state index contributed by atoms with van der Waals surface area (Å²) < 4.78 is 27.8.